The summed E-state index contributed by atoms with van der Waals surface area (Å²) in [6, 6.07) is 7.04. The van der Waals surface area contributed by atoms with Crippen LogP contribution in [0.3, 0.4) is 0 Å². The molecule has 4 heterocycles. The molecule has 1 aromatic carbocycles. The first-order valence-corrected chi connectivity index (χ1v) is 9.52. The minimum absolute atomic E-state index is 0.0171. The maximum absolute atomic E-state index is 12.5. The fraction of sp³-hybridized carbons (Fsp3) is 0.105. The van der Waals surface area contributed by atoms with Crippen LogP contribution in [0, 0.1) is 3.95 Å². The van der Waals surface area contributed by atoms with Gasteiger partial charge >= 0.3 is 0 Å². The number of thiazole rings is 1. The van der Waals surface area contributed by atoms with Crippen molar-refractivity contribution in [3.63, 3.8) is 0 Å². The van der Waals surface area contributed by atoms with Crippen molar-refractivity contribution in [2.75, 3.05) is 6.79 Å². The summed E-state index contributed by atoms with van der Waals surface area (Å²) < 4.78 is 18.0. The van der Waals surface area contributed by atoms with Crippen LogP contribution in [0.25, 0.3) is 12.2 Å². The number of hydrogen-bond acceptors (Lipinski definition) is 7. The van der Waals surface area contributed by atoms with Crippen LogP contribution in [-0.4, -0.2) is 22.4 Å². The third-order valence-corrected chi connectivity index (χ3v) is 5.76. The predicted octanol–water partition coefficient (Wildman–Crippen LogP) is 2.38. The van der Waals surface area contributed by atoms with Gasteiger partial charge in [0.15, 0.2) is 15.5 Å². The molecule has 0 unspecified atom stereocenters. The summed E-state index contributed by atoms with van der Waals surface area (Å²) in [5.41, 5.74) is 0.350. The van der Waals surface area contributed by atoms with E-state index in [0.717, 1.165) is 5.22 Å². The van der Waals surface area contributed by atoms with Crippen LogP contribution in [0.4, 0.5) is 0 Å². The van der Waals surface area contributed by atoms with Crippen LogP contribution < -0.4 is 20.0 Å². The fourth-order valence-corrected chi connectivity index (χ4v) is 4.27. The molecule has 7 nitrogen and oxygen atoms in total. The summed E-state index contributed by atoms with van der Waals surface area (Å²) in [5, 5.41) is 11.8. The molecule has 2 aromatic heterocycles. The lowest BCUT2D eigenvalue weighted by molar-refractivity contribution is -0.114. The lowest BCUT2D eigenvalue weighted by Crippen LogP contribution is -2.30. The normalized spacial score (nSPS) is 16.0. The minimum Gasteiger partial charge on any atom is -0.493 e. The Hall–Kier alpha value is -3.17. The van der Waals surface area contributed by atoms with Gasteiger partial charge in [-0.3, -0.25) is 9.36 Å². The van der Waals surface area contributed by atoms with Crippen molar-refractivity contribution in [3.05, 3.63) is 61.3 Å². The van der Waals surface area contributed by atoms with E-state index < -0.39 is 5.91 Å². The third-order valence-electron chi connectivity index (χ3n) is 4.38. The Kier molecular flexibility index (Phi) is 3.92. The number of benzene rings is 1. The maximum Gasteiger partial charge on any atom is 0.277 e. The van der Waals surface area contributed by atoms with Crippen LogP contribution in [0.5, 0.6) is 17.4 Å². The molecule has 0 fully saturated rings. The number of amides is 1. The molecule has 2 aliphatic rings. The van der Waals surface area contributed by atoms with Gasteiger partial charge in [0.05, 0.1) is 23.0 Å². The number of nitrogens with zero attached hydrogens (tertiary/aromatic N) is 2. The average Bonchev–Trinajstić information content (AvgIpc) is 3.39. The van der Waals surface area contributed by atoms with Crippen LogP contribution in [-0.2, 0) is 11.3 Å². The Morgan fingerprint density at radius 1 is 1.32 bits per heavy atom. The van der Waals surface area contributed by atoms with Gasteiger partial charge in [-0.05, 0) is 42.6 Å². The highest BCUT2D eigenvalue weighted by Gasteiger charge is 2.19. The number of carbonyl (C=O) groups is 1. The Morgan fingerprint density at radius 3 is 2.93 bits per heavy atom. The monoisotopic (exact) mass is 412 g/mol. The molecule has 0 saturated heterocycles. The lowest BCUT2D eigenvalue weighted by Gasteiger charge is -2.05. The van der Waals surface area contributed by atoms with Crippen molar-refractivity contribution < 1.29 is 23.8 Å². The molecule has 140 valence electrons. The number of aromatic nitrogens is 1. The zero-order chi connectivity index (χ0) is 19.3. The molecule has 5 rings (SSSR count). The highest BCUT2D eigenvalue weighted by molar-refractivity contribution is 7.73. The van der Waals surface area contributed by atoms with Crippen molar-refractivity contribution in [1.29, 1.82) is 0 Å². The maximum atomic E-state index is 12.5. The molecule has 2 aliphatic heterocycles. The van der Waals surface area contributed by atoms with Gasteiger partial charge in [0.25, 0.3) is 5.91 Å². The molecule has 0 spiro atoms. The fourth-order valence-electron chi connectivity index (χ4n) is 3.01. The van der Waals surface area contributed by atoms with E-state index in [1.54, 1.807) is 47.2 Å². The molecule has 1 amide bonds. The van der Waals surface area contributed by atoms with Crippen molar-refractivity contribution >= 4 is 41.6 Å². The third kappa shape index (κ3) is 2.85. The van der Waals surface area contributed by atoms with E-state index in [1.807, 2.05) is 0 Å². The van der Waals surface area contributed by atoms with Gasteiger partial charge < -0.3 is 19.0 Å². The summed E-state index contributed by atoms with van der Waals surface area (Å²) in [4.78, 5) is 17.1. The van der Waals surface area contributed by atoms with Gasteiger partial charge in [0, 0.05) is 16.9 Å². The van der Waals surface area contributed by atoms with Crippen molar-refractivity contribution in [2.24, 2.45) is 4.99 Å². The van der Waals surface area contributed by atoms with Gasteiger partial charge in [-0.15, -0.1) is 11.3 Å². The number of fused-ring (bicyclic) bond motifs is 2. The molecule has 0 saturated carbocycles. The van der Waals surface area contributed by atoms with Crippen LogP contribution >= 0.6 is 23.6 Å². The van der Waals surface area contributed by atoms with Crippen molar-refractivity contribution in [3.8, 4) is 17.4 Å². The first kappa shape index (κ1) is 17.0. The van der Waals surface area contributed by atoms with Crippen LogP contribution in [0.1, 0.15) is 10.6 Å². The largest absolute Gasteiger partial charge is 0.493 e. The second-order valence-electron chi connectivity index (χ2n) is 6.15. The number of hydrogen-bond donors (Lipinski definition) is 1. The SMILES string of the molecule is O=C1N=c2cc3c(cc2=C/C1=C/c1sc(=S)n(Cc2ccco2)c1O)OCO3. The average molecular weight is 412 g/mol. The van der Waals surface area contributed by atoms with E-state index in [2.05, 4.69) is 4.99 Å². The highest BCUT2D eigenvalue weighted by atomic mass is 32.1. The van der Waals surface area contributed by atoms with Crippen molar-refractivity contribution in [1.82, 2.24) is 4.57 Å². The molecular weight excluding hydrogens is 400 g/mol. The highest BCUT2D eigenvalue weighted by Crippen LogP contribution is 2.31. The molecule has 0 bridgehead atoms. The summed E-state index contributed by atoms with van der Waals surface area (Å²) in [6.07, 6.45) is 4.87. The molecule has 1 N–H and O–H groups in total. The Balaban J connectivity index is 1.56. The van der Waals surface area contributed by atoms with Gasteiger partial charge in [-0.1, -0.05) is 0 Å². The van der Waals surface area contributed by atoms with E-state index in [-0.39, 0.29) is 12.7 Å². The Bertz CT molecular complexity index is 1320. The number of aromatic hydroxyl groups is 1. The van der Waals surface area contributed by atoms with E-state index in [0.29, 0.717) is 43.6 Å². The molecule has 0 atom stereocenters. The molecule has 0 radical (unpaired) electrons. The minimum atomic E-state index is -0.400. The zero-order valence-corrected chi connectivity index (χ0v) is 15.9. The Labute approximate surface area is 167 Å². The smallest absolute Gasteiger partial charge is 0.277 e. The van der Waals surface area contributed by atoms with Crippen LogP contribution in [0.2, 0.25) is 0 Å². The lowest BCUT2D eigenvalue weighted by atomic mass is 10.1. The van der Waals surface area contributed by atoms with Crippen molar-refractivity contribution in [2.45, 2.75) is 6.54 Å². The van der Waals surface area contributed by atoms with Gasteiger partial charge in [-0.2, -0.15) is 0 Å². The topological polar surface area (TPSA) is 86.2 Å². The molecule has 9 heteroatoms. The van der Waals surface area contributed by atoms with E-state index in [4.69, 9.17) is 26.1 Å². The quantitative estimate of drug-likeness (QED) is 0.525. The van der Waals surface area contributed by atoms with E-state index >= 15 is 0 Å². The standard InChI is InChI=1S/C19H12N2O5S2/c22-17-11(4-10-5-14-15(26-9-25-14)7-13(10)20-17)6-16-18(23)21(19(27)28-16)8-12-2-1-3-24-12/h1-7,23H,8-9H2/b11-6-. The number of ether oxygens (including phenoxy) is 2. The predicted molar refractivity (Wildman–Crippen MR) is 103 cm³/mol. The Morgan fingerprint density at radius 2 is 2.14 bits per heavy atom. The molecule has 3 aromatic rings. The summed E-state index contributed by atoms with van der Waals surface area (Å²) in [5.74, 6) is 1.44. The second-order valence-corrected chi connectivity index (χ2v) is 7.82. The van der Waals surface area contributed by atoms with Gasteiger partial charge in [-0.25, -0.2) is 4.99 Å². The number of rotatable bonds is 3. The molecular formula is C19H12N2O5S2. The second kappa shape index (κ2) is 6.47. The first-order valence-electron chi connectivity index (χ1n) is 8.29. The summed E-state index contributed by atoms with van der Waals surface area (Å²) >= 11 is 6.56. The van der Waals surface area contributed by atoms with Gasteiger partial charge in [0.1, 0.15) is 5.76 Å². The summed E-state index contributed by atoms with van der Waals surface area (Å²) in [6.45, 7) is 0.459. The first-order chi connectivity index (χ1) is 13.6. The van der Waals surface area contributed by atoms with E-state index in [9.17, 15) is 9.90 Å². The summed E-state index contributed by atoms with van der Waals surface area (Å²) in [7, 11) is 0. The number of carbonyl (C=O) groups excluding carboxylic acids is 1. The zero-order valence-electron chi connectivity index (χ0n) is 14.2. The number of furan rings is 1. The molecule has 28 heavy (non-hydrogen) atoms. The van der Waals surface area contributed by atoms with Crippen LogP contribution in [0.15, 0.2) is 45.5 Å². The van der Waals surface area contributed by atoms with E-state index in [1.165, 1.54) is 11.3 Å². The molecule has 0 aliphatic carbocycles. The van der Waals surface area contributed by atoms with Gasteiger partial charge in [0.2, 0.25) is 12.7 Å².